The van der Waals surface area contributed by atoms with E-state index in [4.69, 9.17) is 0 Å². The minimum atomic E-state index is 0.0111. The van der Waals surface area contributed by atoms with Crippen molar-refractivity contribution in [2.75, 3.05) is 39.3 Å². The first-order valence-electron chi connectivity index (χ1n) is 6.57. The maximum absolute atomic E-state index is 11.4. The van der Waals surface area contributed by atoms with Gasteiger partial charge in [0.15, 0.2) is 0 Å². The molecule has 1 saturated heterocycles. The first-order chi connectivity index (χ1) is 8.67. The number of hydrogen-bond donors (Lipinski definition) is 1. The lowest BCUT2D eigenvalue weighted by Crippen LogP contribution is -2.48. The van der Waals surface area contributed by atoms with E-state index in [1.165, 1.54) is 6.08 Å². The van der Waals surface area contributed by atoms with Gasteiger partial charge >= 0.3 is 0 Å². The van der Waals surface area contributed by atoms with Crippen LogP contribution in [0.25, 0.3) is 0 Å². The van der Waals surface area contributed by atoms with Gasteiger partial charge in [0.05, 0.1) is 0 Å². The molecule has 0 radical (unpaired) electrons. The van der Waals surface area contributed by atoms with E-state index < -0.39 is 0 Å². The lowest BCUT2D eigenvalue weighted by atomic mass is 10.2. The Morgan fingerprint density at radius 2 is 1.94 bits per heavy atom. The smallest absolute Gasteiger partial charge is 0.246 e. The van der Waals surface area contributed by atoms with Crippen LogP contribution >= 0.6 is 0 Å². The molecule has 5 nitrogen and oxygen atoms in total. The average Bonchev–Trinajstić information content (AvgIpc) is 2.39. The number of hydrogen-bond acceptors (Lipinski definition) is 3. The third-order valence-corrected chi connectivity index (χ3v) is 3.11. The molecule has 0 aliphatic carbocycles. The topological polar surface area (TPSA) is 52.7 Å². The van der Waals surface area contributed by atoms with Crippen molar-refractivity contribution >= 4 is 11.8 Å². The summed E-state index contributed by atoms with van der Waals surface area (Å²) >= 11 is 0. The molecule has 1 rings (SSSR count). The van der Waals surface area contributed by atoms with Crippen LogP contribution in [0.1, 0.15) is 19.8 Å². The molecule has 2 amide bonds. The summed E-state index contributed by atoms with van der Waals surface area (Å²) in [5, 5.41) is 2.79. The highest BCUT2D eigenvalue weighted by atomic mass is 16.2. The largest absolute Gasteiger partial charge is 0.356 e. The van der Waals surface area contributed by atoms with Crippen LogP contribution in [0.3, 0.4) is 0 Å². The quantitative estimate of drug-likeness (QED) is 0.690. The summed E-state index contributed by atoms with van der Waals surface area (Å²) in [5.41, 5.74) is 0. The molecular weight excluding hydrogens is 230 g/mol. The molecule has 0 bridgehead atoms. The second-order valence-corrected chi connectivity index (χ2v) is 4.43. The number of carbonyl (C=O) groups excluding carboxylic acids is 2. The normalized spacial score (nSPS) is 16.4. The lowest BCUT2D eigenvalue weighted by Gasteiger charge is -2.34. The Morgan fingerprint density at radius 1 is 1.28 bits per heavy atom. The van der Waals surface area contributed by atoms with E-state index in [0.717, 1.165) is 39.1 Å². The summed E-state index contributed by atoms with van der Waals surface area (Å²) in [6, 6.07) is 0. The summed E-state index contributed by atoms with van der Waals surface area (Å²) in [6.07, 6.45) is 2.83. The van der Waals surface area contributed by atoms with Crippen LogP contribution in [0.5, 0.6) is 0 Å². The fraction of sp³-hybridized carbons (Fsp3) is 0.692. The number of rotatable bonds is 6. The zero-order valence-electron chi connectivity index (χ0n) is 11.2. The molecule has 1 aliphatic heterocycles. The Bertz CT molecular complexity index is 297. The van der Waals surface area contributed by atoms with Gasteiger partial charge in [-0.05, 0) is 26.0 Å². The number of nitrogens with zero attached hydrogens (tertiary/aromatic N) is 2. The number of piperazine rings is 1. The molecule has 1 N–H and O–H groups in total. The summed E-state index contributed by atoms with van der Waals surface area (Å²) < 4.78 is 0. The molecule has 0 aromatic rings. The molecule has 102 valence electrons. The van der Waals surface area contributed by atoms with Crippen molar-refractivity contribution in [3.8, 4) is 0 Å². The third-order valence-electron chi connectivity index (χ3n) is 3.11. The van der Waals surface area contributed by atoms with Crippen LogP contribution in [0, 0.1) is 0 Å². The maximum atomic E-state index is 11.4. The molecule has 0 atom stereocenters. The van der Waals surface area contributed by atoms with Crippen LogP contribution < -0.4 is 5.32 Å². The third kappa shape index (κ3) is 4.87. The molecular formula is C13H23N3O2. The minimum Gasteiger partial charge on any atom is -0.356 e. The Morgan fingerprint density at radius 3 is 2.50 bits per heavy atom. The van der Waals surface area contributed by atoms with Gasteiger partial charge in [0.1, 0.15) is 0 Å². The zero-order chi connectivity index (χ0) is 13.4. The van der Waals surface area contributed by atoms with Crippen LogP contribution in [0.4, 0.5) is 0 Å². The van der Waals surface area contributed by atoms with Gasteiger partial charge in [0.25, 0.3) is 0 Å². The Labute approximate surface area is 109 Å². The van der Waals surface area contributed by atoms with Gasteiger partial charge in [0, 0.05) is 39.1 Å². The molecule has 0 aromatic heterocycles. The Kier molecular flexibility index (Phi) is 6.43. The van der Waals surface area contributed by atoms with Crippen molar-refractivity contribution in [1.29, 1.82) is 0 Å². The molecule has 5 heteroatoms. The lowest BCUT2D eigenvalue weighted by molar-refractivity contribution is -0.127. The summed E-state index contributed by atoms with van der Waals surface area (Å²) in [7, 11) is 0. The SMILES string of the molecule is C=CC(=O)N1CCN(CCCC(=O)NCC)CC1. The van der Waals surface area contributed by atoms with Gasteiger partial charge in [0.2, 0.25) is 11.8 Å². The Balaban J connectivity index is 2.14. The first kappa shape index (κ1) is 14.7. The van der Waals surface area contributed by atoms with E-state index in [1.54, 1.807) is 0 Å². The van der Waals surface area contributed by atoms with E-state index in [-0.39, 0.29) is 11.8 Å². The standard InChI is InChI=1S/C13H23N3O2/c1-3-13(18)16-10-8-15(9-11-16)7-5-6-12(17)14-4-2/h3H,1,4-11H2,2H3,(H,14,17). The predicted octanol–water partition coefficient (Wildman–Crippen LogP) is 0.233. The second-order valence-electron chi connectivity index (χ2n) is 4.43. The highest BCUT2D eigenvalue weighted by Gasteiger charge is 2.18. The Hall–Kier alpha value is -1.36. The fourth-order valence-corrected chi connectivity index (χ4v) is 2.07. The van der Waals surface area contributed by atoms with Gasteiger partial charge in [-0.25, -0.2) is 0 Å². The van der Waals surface area contributed by atoms with E-state index in [2.05, 4.69) is 16.8 Å². The average molecular weight is 253 g/mol. The highest BCUT2D eigenvalue weighted by Crippen LogP contribution is 2.04. The van der Waals surface area contributed by atoms with Crippen molar-refractivity contribution < 1.29 is 9.59 Å². The van der Waals surface area contributed by atoms with Gasteiger partial charge in [-0.3, -0.25) is 14.5 Å². The first-order valence-corrected chi connectivity index (χ1v) is 6.57. The molecule has 0 spiro atoms. The highest BCUT2D eigenvalue weighted by molar-refractivity contribution is 5.87. The van der Waals surface area contributed by atoms with E-state index >= 15 is 0 Å². The predicted molar refractivity (Wildman–Crippen MR) is 71.1 cm³/mol. The van der Waals surface area contributed by atoms with Crippen LogP contribution in [0.15, 0.2) is 12.7 Å². The molecule has 1 aliphatic rings. The summed E-state index contributed by atoms with van der Waals surface area (Å²) in [4.78, 5) is 26.8. The van der Waals surface area contributed by atoms with Gasteiger partial charge in [-0.2, -0.15) is 0 Å². The van der Waals surface area contributed by atoms with Crippen molar-refractivity contribution in [3.05, 3.63) is 12.7 Å². The molecule has 0 aromatic carbocycles. The van der Waals surface area contributed by atoms with E-state index in [0.29, 0.717) is 13.0 Å². The van der Waals surface area contributed by atoms with Crippen molar-refractivity contribution in [2.45, 2.75) is 19.8 Å². The van der Waals surface area contributed by atoms with Gasteiger partial charge in [-0.1, -0.05) is 6.58 Å². The van der Waals surface area contributed by atoms with E-state index in [1.807, 2.05) is 11.8 Å². The zero-order valence-corrected chi connectivity index (χ0v) is 11.2. The van der Waals surface area contributed by atoms with Crippen molar-refractivity contribution in [2.24, 2.45) is 0 Å². The molecule has 1 heterocycles. The summed E-state index contributed by atoms with van der Waals surface area (Å²) in [5.74, 6) is 0.134. The van der Waals surface area contributed by atoms with E-state index in [9.17, 15) is 9.59 Å². The van der Waals surface area contributed by atoms with Crippen LogP contribution in [-0.2, 0) is 9.59 Å². The van der Waals surface area contributed by atoms with Crippen molar-refractivity contribution in [3.63, 3.8) is 0 Å². The molecule has 18 heavy (non-hydrogen) atoms. The van der Waals surface area contributed by atoms with Gasteiger partial charge < -0.3 is 10.2 Å². The maximum Gasteiger partial charge on any atom is 0.246 e. The monoisotopic (exact) mass is 253 g/mol. The van der Waals surface area contributed by atoms with Crippen LogP contribution in [-0.4, -0.2) is 60.9 Å². The number of nitrogens with one attached hydrogen (secondary N) is 1. The van der Waals surface area contributed by atoms with Crippen LogP contribution in [0.2, 0.25) is 0 Å². The molecule has 0 unspecified atom stereocenters. The summed E-state index contributed by atoms with van der Waals surface area (Å²) in [6.45, 7) is 10.3. The number of amides is 2. The molecule has 0 saturated carbocycles. The number of carbonyl (C=O) groups is 2. The molecule has 1 fully saturated rings. The fourth-order valence-electron chi connectivity index (χ4n) is 2.07. The van der Waals surface area contributed by atoms with Crippen molar-refractivity contribution in [1.82, 2.24) is 15.1 Å². The minimum absolute atomic E-state index is 0.0111. The second kappa shape index (κ2) is 7.87. The van der Waals surface area contributed by atoms with Gasteiger partial charge in [-0.15, -0.1) is 0 Å².